The average molecular weight is 390 g/mol. The van der Waals surface area contributed by atoms with Gasteiger partial charge in [-0.3, -0.25) is 0 Å². The zero-order valence-electron chi connectivity index (χ0n) is 16.6. The number of para-hydroxylation sites is 1. The summed E-state index contributed by atoms with van der Waals surface area (Å²) >= 11 is 0. The summed E-state index contributed by atoms with van der Waals surface area (Å²) in [6, 6.07) is 16.9. The molecule has 1 aliphatic rings. The molecule has 148 valence electrons. The van der Waals surface area contributed by atoms with E-state index in [-0.39, 0.29) is 23.6 Å². The average Bonchev–Trinajstić information content (AvgIpc) is 2.70. The van der Waals surface area contributed by atoms with E-state index in [2.05, 4.69) is 6.07 Å². The molecule has 1 unspecified atom stereocenters. The maximum absolute atomic E-state index is 12.7. The normalized spacial score (nSPS) is 16.1. The summed E-state index contributed by atoms with van der Waals surface area (Å²) in [4.78, 5) is 12.7. The standard InChI is InChI=1S/C23H22N2O4/c1-4-27-23(26)20-15(3)28-22(25)18(13-24)21(20)17-7-5-6-8-19(17)29-16-11-9-14(2)10-12-16/h5-12,21H,4,25H2,1-3H3. The van der Waals surface area contributed by atoms with Gasteiger partial charge in [-0.1, -0.05) is 35.9 Å². The van der Waals surface area contributed by atoms with Gasteiger partial charge in [0.2, 0.25) is 5.88 Å². The molecule has 6 heteroatoms. The summed E-state index contributed by atoms with van der Waals surface area (Å²) in [6.45, 7) is 5.54. The van der Waals surface area contributed by atoms with Crippen LogP contribution in [0.5, 0.6) is 11.5 Å². The van der Waals surface area contributed by atoms with Gasteiger partial charge in [-0.2, -0.15) is 5.26 Å². The zero-order chi connectivity index (χ0) is 21.0. The fourth-order valence-corrected chi connectivity index (χ4v) is 3.21. The first-order chi connectivity index (χ1) is 14.0. The highest BCUT2D eigenvalue weighted by Gasteiger charge is 2.37. The molecule has 1 aliphatic heterocycles. The summed E-state index contributed by atoms with van der Waals surface area (Å²) in [5.74, 6) is 0.112. The van der Waals surface area contributed by atoms with Crippen LogP contribution in [0.25, 0.3) is 0 Å². The summed E-state index contributed by atoms with van der Waals surface area (Å²) in [6.07, 6.45) is 0. The van der Waals surface area contributed by atoms with Crippen molar-refractivity contribution < 1.29 is 19.0 Å². The molecule has 0 aromatic heterocycles. The van der Waals surface area contributed by atoms with Crippen molar-refractivity contribution in [3.05, 3.63) is 82.4 Å². The molecule has 1 heterocycles. The molecule has 0 amide bonds. The smallest absolute Gasteiger partial charge is 0.338 e. The molecule has 2 N–H and O–H groups in total. The van der Waals surface area contributed by atoms with Crippen molar-refractivity contribution in [2.45, 2.75) is 26.7 Å². The Hall–Kier alpha value is -3.72. The first-order valence-electron chi connectivity index (χ1n) is 9.25. The number of ether oxygens (including phenoxy) is 3. The highest BCUT2D eigenvalue weighted by Crippen LogP contribution is 2.43. The van der Waals surface area contributed by atoms with Gasteiger partial charge in [0.15, 0.2) is 0 Å². The van der Waals surface area contributed by atoms with Gasteiger partial charge in [-0.05, 0) is 39.0 Å². The maximum atomic E-state index is 12.7. The Labute approximate surface area is 169 Å². The van der Waals surface area contributed by atoms with Crippen molar-refractivity contribution in [2.24, 2.45) is 5.73 Å². The minimum Gasteiger partial charge on any atom is -0.463 e. The Kier molecular flexibility index (Phi) is 5.89. The molecule has 2 aromatic rings. The molecule has 0 radical (unpaired) electrons. The van der Waals surface area contributed by atoms with Crippen LogP contribution >= 0.6 is 0 Å². The van der Waals surface area contributed by atoms with Crippen molar-refractivity contribution >= 4 is 5.97 Å². The molecule has 0 bridgehead atoms. The molecule has 3 rings (SSSR count). The Morgan fingerprint density at radius 2 is 1.86 bits per heavy atom. The number of nitriles is 1. The van der Waals surface area contributed by atoms with Crippen LogP contribution in [0, 0.1) is 18.3 Å². The minimum atomic E-state index is -0.755. The summed E-state index contributed by atoms with van der Waals surface area (Å²) < 4.78 is 16.8. The van der Waals surface area contributed by atoms with Gasteiger partial charge < -0.3 is 19.9 Å². The molecule has 6 nitrogen and oxygen atoms in total. The molecule has 2 aromatic carbocycles. The van der Waals surface area contributed by atoms with E-state index in [9.17, 15) is 10.1 Å². The quantitative estimate of drug-likeness (QED) is 0.759. The van der Waals surface area contributed by atoms with Crippen molar-refractivity contribution in [1.82, 2.24) is 0 Å². The first-order valence-corrected chi connectivity index (χ1v) is 9.25. The number of carbonyl (C=O) groups excluding carboxylic acids is 1. The topological polar surface area (TPSA) is 94.6 Å². The van der Waals surface area contributed by atoms with Gasteiger partial charge in [0, 0.05) is 5.56 Å². The lowest BCUT2D eigenvalue weighted by Gasteiger charge is -2.28. The number of benzene rings is 2. The second-order valence-corrected chi connectivity index (χ2v) is 6.57. The summed E-state index contributed by atoms with van der Waals surface area (Å²) in [7, 11) is 0. The number of allylic oxidation sites excluding steroid dienone is 2. The lowest BCUT2D eigenvalue weighted by atomic mass is 9.82. The van der Waals surface area contributed by atoms with Crippen molar-refractivity contribution in [1.29, 1.82) is 5.26 Å². The minimum absolute atomic E-state index is 0.0341. The number of hydrogen-bond acceptors (Lipinski definition) is 6. The van der Waals surface area contributed by atoms with E-state index in [1.165, 1.54) is 0 Å². The van der Waals surface area contributed by atoms with Gasteiger partial charge >= 0.3 is 5.97 Å². The van der Waals surface area contributed by atoms with Crippen molar-refractivity contribution in [2.75, 3.05) is 6.61 Å². The van der Waals surface area contributed by atoms with Gasteiger partial charge in [0.05, 0.1) is 18.1 Å². The van der Waals surface area contributed by atoms with Gasteiger partial charge in [0.1, 0.15) is 28.9 Å². The number of carbonyl (C=O) groups is 1. The molecule has 29 heavy (non-hydrogen) atoms. The van der Waals surface area contributed by atoms with Crippen LogP contribution < -0.4 is 10.5 Å². The van der Waals surface area contributed by atoms with Gasteiger partial charge in [0.25, 0.3) is 0 Å². The predicted octanol–water partition coefficient (Wildman–Crippen LogP) is 4.43. The molecular formula is C23H22N2O4. The maximum Gasteiger partial charge on any atom is 0.338 e. The van der Waals surface area contributed by atoms with Crippen LogP contribution in [0.2, 0.25) is 0 Å². The molecule has 0 saturated heterocycles. The number of hydrogen-bond donors (Lipinski definition) is 1. The highest BCUT2D eigenvalue weighted by molar-refractivity contribution is 5.92. The Bertz CT molecular complexity index is 1030. The molecule has 0 spiro atoms. The summed E-state index contributed by atoms with van der Waals surface area (Å²) in [5, 5.41) is 9.74. The van der Waals surface area contributed by atoms with E-state index in [0.717, 1.165) is 5.56 Å². The number of rotatable bonds is 5. The van der Waals surface area contributed by atoms with Crippen molar-refractivity contribution in [3.63, 3.8) is 0 Å². The molecule has 0 saturated carbocycles. The predicted molar refractivity (Wildman–Crippen MR) is 108 cm³/mol. The third kappa shape index (κ3) is 4.09. The largest absolute Gasteiger partial charge is 0.463 e. The fraction of sp³-hybridized carbons (Fsp3) is 0.217. The van der Waals surface area contributed by atoms with Gasteiger partial charge in [-0.15, -0.1) is 0 Å². The molecular weight excluding hydrogens is 368 g/mol. The van der Waals surface area contributed by atoms with E-state index in [1.807, 2.05) is 43.3 Å². The fourth-order valence-electron chi connectivity index (χ4n) is 3.21. The van der Waals surface area contributed by atoms with E-state index in [4.69, 9.17) is 19.9 Å². The molecule has 0 aliphatic carbocycles. The first kappa shape index (κ1) is 20.0. The molecule has 1 atom stereocenters. The highest BCUT2D eigenvalue weighted by atomic mass is 16.5. The second kappa shape index (κ2) is 8.53. The number of nitrogens with zero attached hydrogens (tertiary/aromatic N) is 1. The van der Waals surface area contributed by atoms with Crippen LogP contribution in [0.3, 0.4) is 0 Å². The lowest BCUT2D eigenvalue weighted by molar-refractivity contribution is -0.139. The number of esters is 1. The Morgan fingerprint density at radius 1 is 1.17 bits per heavy atom. The van der Waals surface area contributed by atoms with Crippen LogP contribution in [-0.2, 0) is 14.3 Å². The number of aryl methyl sites for hydroxylation is 1. The monoisotopic (exact) mass is 390 g/mol. The van der Waals surface area contributed by atoms with Crippen LogP contribution in [0.4, 0.5) is 0 Å². The third-order valence-corrected chi connectivity index (χ3v) is 4.58. The van der Waals surface area contributed by atoms with E-state index in [1.54, 1.807) is 26.0 Å². The van der Waals surface area contributed by atoms with E-state index < -0.39 is 11.9 Å². The SMILES string of the molecule is CCOC(=O)C1=C(C)OC(N)=C(C#N)C1c1ccccc1Oc1ccc(C)cc1. The van der Waals surface area contributed by atoms with E-state index in [0.29, 0.717) is 22.8 Å². The number of nitrogens with two attached hydrogens (primary N) is 1. The van der Waals surface area contributed by atoms with E-state index >= 15 is 0 Å². The second-order valence-electron chi connectivity index (χ2n) is 6.57. The molecule has 0 fully saturated rings. The van der Waals surface area contributed by atoms with Crippen LogP contribution in [0.1, 0.15) is 30.9 Å². The Morgan fingerprint density at radius 3 is 2.52 bits per heavy atom. The summed E-state index contributed by atoms with van der Waals surface area (Å²) in [5.41, 5.74) is 8.08. The van der Waals surface area contributed by atoms with Crippen LogP contribution in [-0.4, -0.2) is 12.6 Å². The third-order valence-electron chi connectivity index (χ3n) is 4.58. The Balaban J connectivity index is 2.12. The van der Waals surface area contributed by atoms with Crippen molar-refractivity contribution in [3.8, 4) is 17.6 Å². The van der Waals surface area contributed by atoms with Gasteiger partial charge in [-0.25, -0.2) is 4.79 Å². The zero-order valence-corrected chi connectivity index (χ0v) is 16.6. The lowest BCUT2D eigenvalue weighted by Crippen LogP contribution is -2.25. The van der Waals surface area contributed by atoms with Crippen LogP contribution in [0.15, 0.2) is 71.3 Å².